The zero-order chi connectivity index (χ0) is 51.3. The van der Waals surface area contributed by atoms with E-state index in [1.54, 1.807) is 0 Å². The van der Waals surface area contributed by atoms with Gasteiger partial charge < -0.3 is 18.1 Å². The molecule has 0 aliphatic heterocycles. The fourth-order valence-electron chi connectivity index (χ4n) is 13.0. The molecule has 0 fully saturated rings. The van der Waals surface area contributed by atoms with Crippen molar-refractivity contribution in [1.29, 1.82) is 0 Å². The number of nitrogens with zero attached hydrogens (tertiary/aromatic N) is 3. The molecule has 4 aromatic heterocycles. The van der Waals surface area contributed by atoms with Gasteiger partial charge in [0.15, 0.2) is 0 Å². The van der Waals surface area contributed by atoms with Gasteiger partial charge >= 0.3 is 0 Å². The second-order valence-corrected chi connectivity index (χ2v) is 20.8. The van der Waals surface area contributed by atoms with Crippen molar-refractivity contribution >= 4 is 134 Å². The normalized spacial score (nSPS) is 11.8. The van der Waals surface area contributed by atoms with Crippen LogP contribution < -0.4 is 32.8 Å². The Morgan fingerprint density at radius 2 is 0.551 bits per heavy atom. The van der Waals surface area contributed by atoms with E-state index in [-0.39, 0.29) is 13.4 Å². The van der Waals surface area contributed by atoms with Gasteiger partial charge in [-0.05, 0) is 84.9 Å². The summed E-state index contributed by atoms with van der Waals surface area (Å²) in [5, 5.41) is 9.47. The van der Waals surface area contributed by atoms with Gasteiger partial charge in [-0.25, -0.2) is 0 Å². The van der Waals surface area contributed by atoms with Crippen LogP contribution in [0.3, 0.4) is 0 Å². The summed E-state index contributed by atoms with van der Waals surface area (Å²) in [5.74, 6) is 0. The summed E-state index contributed by atoms with van der Waals surface area (Å²) in [4.78, 5) is 0. The Bertz CT molecular complexity index is 4830. The minimum Gasteiger partial charge on any atom is -0.456 e. The first kappa shape index (κ1) is 44.3. The minimum absolute atomic E-state index is 0.0340. The molecular weight excluding hydrogens is 944 g/mol. The van der Waals surface area contributed by atoms with Crippen LogP contribution in [0.1, 0.15) is 0 Å². The third-order valence-electron chi connectivity index (χ3n) is 16.4. The molecule has 362 valence electrons. The molecule has 12 aromatic carbocycles. The summed E-state index contributed by atoms with van der Waals surface area (Å²) < 4.78 is 14.0. The Hall–Kier alpha value is -10.0. The highest BCUT2D eigenvalue weighted by Gasteiger charge is 2.27. The van der Waals surface area contributed by atoms with Crippen molar-refractivity contribution in [2.24, 2.45) is 0 Å². The van der Waals surface area contributed by atoms with Gasteiger partial charge in [0.1, 0.15) is 11.2 Å². The van der Waals surface area contributed by atoms with Crippen molar-refractivity contribution < 1.29 is 4.42 Å². The van der Waals surface area contributed by atoms with Crippen LogP contribution in [0.25, 0.3) is 104 Å². The third-order valence-corrected chi connectivity index (χ3v) is 16.4. The zero-order valence-corrected chi connectivity index (χ0v) is 42.5. The second-order valence-electron chi connectivity index (χ2n) is 20.8. The Balaban J connectivity index is 0.971. The third kappa shape index (κ3) is 6.96. The maximum atomic E-state index is 6.69. The predicted octanol–water partition coefficient (Wildman–Crippen LogP) is 13.9. The second kappa shape index (κ2) is 17.8. The first-order chi connectivity index (χ1) is 38.7. The molecule has 0 atom stereocenters. The molecule has 0 bridgehead atoms. The molecule has 0 saturated heterocycles. The average molecular weight is 992 g/mol. The summed E-state index contributed by atoms with van der Waals surface area (Å²) in [5.41, 5.74) is 19.5. The van der Waals surface area contributed by atoms with Gasteiger partial charge in [-0.1, -0.05) is 233 Å². The van der Waals surface area contributed by atoms with E-state index in [1.807, 2.05) is 0 Å². The molecule has 0 N–H and O–H groups in total. The SMILES string of the molecule is c1ccc(B(c2ccccc2)c2ccc3c(c2)c2cc4c5cc(B(c6ccccc6)c6ccccc6)ccc5n(-c5ccc6oc7ccc(-n8c9ccccc9c9ccccc98)cc7c6c5)c4cc2n3-c2ccccc2)cc1. The number of para-hydroxylation sites is 3. The lowest BCUT2D eigenvalue weighted by Crippen LogP contribution is -2.51. The van der Waals surface area contributed by atoms with Gasteiger partial charge in [0.05, 0.1) is 33.1 Å². The number of rotatable bonds is 9. The van der Waals surface area contributed by atoms with Gasteiger partial charge in [-0.15, -0.1) is 0 Å². The van der Waals surface area contributed by atoms with Crippen LogP contribution in [-0.4, -0.2) is 27.1 Å². The lowest BCUT2D eigenvalue weighted by molar-refractivity contribution is 0.669. The first-order valence-corrected chi connectivity index (χ1v) is 27.0. The minimum atomic E-state index is 0.0340. The van der Waals surface area contributed by atoms with Gasteiger partial charge in [-0.2, -0.15) is 0 Å². The number of furan rings is 1. The van der Waals surface area contributed by atoms with E-state index in [0.29, 0.717) is 0 Å². The lowest BCUT2D eigenvalue weighted by Gasteiger charge is -2.16. The predicted molar refractivity (Wildman–Crippen MR) is 332 cm³/mol. The van der Waals surface area contributed by atoms with Gasteiger partial charge in [0.2, 0.25) is 13.4 Å². The molecule has 4 heterocycles. The number of aromatic nitrogens is 3. The van der Waals surface area contributed by atoms with Crippen molar-refractivity contribution in [3.63, 3.8) is 0 Å². The van der Waals surface area contributed by atoms with Crippen LogP contribution >= 0.6 is 0 Å². The quantitative estimate of drug-likeness (QED) is 0.132. The van der Waals surface area contributed by atoms with Crippen LogP contribution in [0.15, 0.2) is 290 Å². The Morgan fingerprint density at radius 3 is 0.987 bits per heavy atom. The van der Waals surface area contributed by atoms with Crippen molar-refractivity contribution in [3.8, 4) is 17.1 Å². The summed E-state index contributed by atoms with van der Waals surface area (Å²) in [7, 11) is 0. The summed E-state index contributed by atoms with van der Waals surface area (Å²) >= 11 is 0. The fourth-order valence-corrected chi connectivity index (χ4v) is 13.0. The highest BCUT2D eigenvalue weighted by atomic mass is 16.3. The first-order valence-electron chi connectivity index (χ1n) is 27.0. The van der Waals surface area contributed by atoms with E-state index in [0.717, 1.165) is 55.6 Å². The molecule has 0 saturated carbocycles. The molecule has 4 nitrogen and oxygen atoms in total. The van der Waals surface area contributed by atoms with Crippen molar-refractivity contribution in [1.82, 2.24) is 13.7 Å². The smallest absolute Gasteiger partial charge is 0.241 e. The van der Waals surface area contributed by atoms with E-state index < -0.39 is 0 Å². The Labute approximate surface area is 451 Å². The molecule has 78 heavy (non-hydrogen) atoms. The maximum absolute atomic E-state index is 6.69. The Kier molecular flexibility index (Phi) is 10.1. The summed E-state index contributed by atoms with van der Waals surface area (Å²) in [6, 6.07) is 105. The number of benzene rings is 12. The fraction of sp³-hybridized carbons (Fsp3) is 0. The van der Waals surface area contributed by atoms with Gasteiger partial charge in [0.25, 0.3) is 0 Å². The molecule has 16 rings (SSSR count). The molecule has 0 aliphatic carbocycles. The molecule has 0 aliphatic rings. The van der Waals surface area contributed by atoms with Crippen molar-refractivity contribution in [2.45, 2.75) is 0 Å². The summed E-state index contributed by atoms with van der Waals surface area (Å²) in [6.45, 7) is 0.0896. The largest absolute Gasteiger partial charge is 0.456 e. The highest BCUT2D eigenvalue weighted by Crippen LogP contribution is 2.41. The van der Waals surface area contributed by atoms with E-state index >= 15 is 0 Å². The molecule has 0 radical (unpaired) electrons. The molecule has 6 heteroatoms. The van der Waals surface area contributed by atoms with Gasteiger partial charge in [-0.3, -0.25) is 0 Å². The monoisotopic (exact) mass is 991 g/mol. The van der Waals surface area contributed by atoms with Crippen LogP contribution in [0, 0.1) is 0 Å². The lowest BCUT2D eigenvalue weighted by atomic mass is 9.37. The molecule has 0 amide bonds. The van der Waals surface area contributed by atoms with Gasteiger partial charge in [0, 0.05) is 60.2 Å². The molecule has 16 aromatic rings. The number of fused-ring (bicyclic) bond motifs is 12. The van der Waals surface area contributed by atoms with Crippen molar-refractivity contribution in [3.05, 3.63) is 285 Å². The van der Waals surface area contributed by atoms with Crippen LogP contribution in [-0.2, 0) is 0 Å². The van der Waals surface area contributed by atoms with E-state index in [2.05, 4.69) is 299 Å². The number of hydrogen-bond donors (Lipinski definition) is 0. The van der Waals surface area contributed by atoms with E-state index in [9.17, 15) is 0 Å². The highest BCUT2D eigenvalue weighted by molar-refractivity contribution is 6.96. The van der Waals surface area contributed by atoms with Crippen LogP contribution in [0.2, 0.25) is 0 Å². The van der Waals surface area contributed by atoms with Crippen LogP contribution in [0.4, 0.5) is 0 Å². The maximum Gasteiger partial charge on any atom is 0.241 e. The summed E-state index contributed by atoms with van der Waals surface area (Å²) in [6.07, 6.45) is 0. The van der Waals surface area contributed by atoms with E-state index in [1.165, 1.54) is 81.6 Å². The van der Waals surface area contributed by atoms with Crippen molar-refractivity contribution in [2.75, 3.05) is 0 Å². The molecule has 0 spiro atoms. The topological polar surface area (TPSA) is 27.9 Å². The standard InChI is InChI=1S/C72H47B2N3O/c1-6-20-48(21-7-1)73(49-22-8-2-9-23-49)52-34-38-67-59(42-52)61-46-62-60-43-53(74(50-24-10-3-11-25-50)51-26-12-4-13-27-51)35-39-68(60)77(70(62)47-69(61)75(67)54-28-14-5-15-29-54)56-37-41-72-64(45-56)63-44-55(36-40-71(63)78-72)76-65-32-18-16-30-57(65)58-31-17-19-33-66(58)76/h1-47H. The molecular formula is C72H47B2N3O. The van der Waals surface area contributed by atoms with E-state index in [4.69, 9.17) is 4.42 Å². The zero-order valence-electron chi connectivity index (χ0n) is 42.5. The Morgan fingerprint density at radius 1 is 0.205 bits per heavy atom. The average Bonchev–Trinajstić information content (AvgIpc) is 4.36. The molecule has 0 unspecified atom stereocenters. The number of hydrogen-bond acceptors (Lipinski definition) is 1. The van der Waals surface area contributed by atoms with Crippen LogP contribution in [0.5, 0.6) is 0 Å².